The van der Waals surface area contributed by atoms with Crippen molar-refractivity contribution < 1.29 is 13.6 Å². The van der Waals surface area contributed by atoms with Crippen LogP contribution < -0.4 is 20.9 Å². The van der Waals surface area contributed by atoms with Crippen molar-refractivity contribution in [1.82, 2.24) is 19.9 Å². The summed E-state index contributed by atoms with van der Waals surface area (Å²) in [6.07, 6.45) is 3.31. The number of benzene rings is 2. The fourth-order valence-corrected chi connectivity index (χ4v) is 4.64. The lowest BCUT2D eigenvalue weighted by molar-refractivity contribution is 0.0175. The molecular formula is C30H37F2N7O. The van der Waals surface area contributed by atoms with Crippen LogP contribution in [0.15, 0.2) is 60.8 Å². The number of amides is 1. The van der Waals surface area contributed by atoms with Crippen molar-refractivity contribution in [3.8, 4) is 0 Å². The number of nitrogens with one attached hydrogen (secondary N) is 3. The van der Waals surface area contributed by atoms with E-state index in [1.54, 1.807) is 12.3 Å². The van der Waals surface area contributed by atoms with Gasteiger partial charge in [0.05, 0.1) is 0 Å². The molecule has 0 radical (unpaired) electrons. The summed E-state index contributed by atoms with van der Waals surface area (Å²) in [6.45, 7) is 6.78. The Kier molecular flexibility index (Phi) is 8.99. The van der Waals surface area contributed by atoms with E-state index in [0.29, 0.717) is 23.0 Å². The molecule has 0 bridgehead atoms. The van der Waals surface area contributed by atoms with Gasteiger partial charge in [-0.3, -0.25) is 4.79 Å². The number of likely N-dealkylation sites (N-methyl/N-ethyl adjacent to an activating group) is 2. The number of hydrogen-bond acceptors (Lipinski definition) is 6. The van der Waals surface area contributed by atoms with Gasteiger partial charge in [0.15, 0.2) is 0 Å². The van der Waals surface area contributed by atoms with Crippen molar-refractivity contribution in [1.29, 1.82) is 0 Å². The number of rotatable bonds is 12. The molecule has 2 aromatic heterocycles. The minimum atomic E-state index is -2.94. The molecule has 0 fully saturated rings. The molecule has 0 saturated heterocycles. The summed E-state index contributed by atoms with van der Waals surface area (Å²) in [6, 6.07) is 15.5. The lowest BCUT2D eigenvalue weighted by Crippen LogP contribution is -2.26. The predicted octanol–water partition coefficient (Wildman–Crippen LogP) is 6.56. The van der Waals surface area contributed by atoms with E-state index in [1.165, 1.54) is 24.3 Å². The summed E-state index contributed by atoms with van der Waals surface area (Å²) in [7, 11) is 3.98. The molecule has 1 amide bonds. The fraction of sp³-hybridized carbons (Fsp3) is 0.367. The van der Waals surface area contributed by atoms with Crippen LogP contribution in [0.5, 0.6) is 0 Å². The summed E-state index contributed by atoms with van der Waals surface area (Å²) in [4.78, 5) is 24.8. The Labute approximate surface area is 233 Å². The van der Waals surface area contributed by atoms with Crippen LogP contribution in [0.25, 0.3) is 11.0 Å². The molecule has 0 saturated carbocycles. The van der Waals surface area contributed by atoms with E-state index in [9.17, 15) is 13.6 Å². The minimum absolute atomic E-state index is 0.0367. The van der Waals surface area contributed by atoms with Crippen molar-refractivity contribution in [2.45, 2.75) is 45.6 Å². The van der Waals surface area contributed by atoms with Gasteiger partial charge in [-0.1, -0.05) is 26.0 Å². The van der Waals surface area contributed by atoms with Crippen LogP contribution in [0.3, 0.4) is 0 Å². The van der Waals surface area contributed by atoms with E-state index in [1.807, 2.05) is 35.9 Å². The fourth-order valence-electron chi connectivity index (χ4n) is 4.64. The second kappa shape index (κ2) is 12.4. The monoisotopic (exact) mass is 549 g/mol. The van der Waals surface area contributed by atoms with Crippen LogP contribution in [0, 0.1) is 0 Å². The maximum absolute atomic E-state index is 13.6. The van der Waals surface area contributed by atoms with Gasteiger partial charge >= 0.3 is 0 Å². The zero-order chi connectivity index (χ0) is 28.9. The molecule has 2 heterocycles. The van der Waals surface area contributed by atoms with Gasteiger partial charge in [0.25, 0.3) is 11.8 Å². The first kappa shape index (κ1) is 28.9. The quantitative estimate of drug-likeness (QED) is 0.186. The third kappa shape index (κ3) is 6.56. The Hall–Kier alpha value is -4.05. The highest BCUT2D eigenvalue weighted by Crippen LogP contribution is 2.30. The van der Waals surface area contributed by atoms with Crippen LogP contribution in [0.2, 0.25) is 0 Å². The Morgan fingerprint density at radius 2 is 1.70 bits per heavy atom. The average Bonchev–Trinajstić information content (AvgIpc) is 3.31. The smallest absolute Gasteiger partial charge is 0.272 e. The molecule has 0 atom stereocenters. The molecule has 8 nitrogen and oxygen atoms in total. The molecule has 0 aliphatic rings. The number of carbonyl (C=O) groups is 1. The Morgan fingerprint density at radius 1 is 1.05 bits per heavy atom. The van der Waals surface area contributed by atoms with Crippen LogP contribution in [0.1, 0.15) is 55.7 Å². The second-order valence-electron chi connectivity index (χ2n) is 9.96. The van der Waals surface area contributed by atoms with E-state index in [2.05, 4.69) is 46.7 Å². The average molecular weight is 550 g/mol. The molecule has 2 aromatic carbocycles. The Bertz CT molecular complexity index is 1430. The van der Waals surface area contributed by atoms with Gasteiger partial charge in [-0.2, -0.15) is 4.98 Å². The number of hydrogen-bond donors (Lipinski definition) is 3. The summed E-state index contributed by atoms with van der Waals surface area (Å²) in [5.41, 5.74) is 3.38. The first-order valence-corrected chi connectivity index (χ1v) is 13.5. The molecule has 4 rings (SSSR count). The lowest BCUT2D eigenvalue weighted by Gasteiger charge is -2.20. The molecule has 40 heavy (non-hydrogen) atoms. The zero-order valence-corrected chi connectivity index (χ0v) is 23.6. The van der Waals surface area contributed by atoms with Crippen LogP contribution in [-0.4, -0.2) is 47.6 Å². The molecular weight excluding hydrogens is 512 g/mol. The van der Waals surface area contributed by atoms with E-state index in [0.717, 1.165) is 49.6 Å². The standard InChI is InChI=1S/C30H37F2N7O/c1-6-24(7-2)39-26(28(40)35-22-10-8-21(9-11-22)30(3,31)32)18-20-19-34-29(37-27(20)39)36-23-12-14-25(15-13-23)38(5)17-16-33-4/h8-15,18-19,24,33H,6-7,16-17H2,1-5H3,(H,35,40)(H,34,36,37). The Morgan fingerprint density at radius 3 is 2.30 bits per heavy atom. The number of alkyl halides is 2. The highest BCUT2D eigenvalue weighted by Gasteiger charge is 2.25. The topological polar surface area (TPSA) is 87.1 Å². The first-order chi connectivity index (χ1) is 19.1. The predicted molar refractivity (Wildman–Crippen MR) is 158 cm³/mol. The zero-order valence-electron chi connectivity index (χ0n) is 23.6. The number of carbonyl (C=O) groups excluding carboxylic acids is 1. The highest BCUT2D eigenvalue weighted by molar-refractivity contribution is 6.06. The first-order valence-electron chi connectivity index (χ1n) is 13.5. The van der Waals surface area contributed by atoms with Gasteiger partial charge in [0.1, 0.15) is 11.3 Å². The lowest BCUT2D eigenvalue weighted by atomic mass is 10.1. The minimum Gasteiger partial charge on any atom is -0.373 e. The van der Waals surface area contributed by atoms with E-state index in [-0.39, 0.29) is 17.5 Å². The van der Waals surface area contributed by atoms with Gasteiger partial charge in [-0.25, -0.2) is 13.8 Å². The summed E-state index contributed by atoms with van der Waals surface area (Å²) in [5.74, 6) is -2.86. The van der Waals surface area contributed by atoms with Gasteiger partial charge in [0.2, 0.25) is 5.95 Å². The molecule has 0 aliphatic carbocycles. The van der Waals surface area contributed by atoms with E-state index in [4.69, 9.17) is 4.98 Å². The van der Waals surface area contributed by atoms with Gasteiger partial charge in [-0.05, 0) is 62.4 Å². The van der Waals surface area contributed by atoms with Crippen LogP contribution in [-0.2, 0) is 5.92 Å². The molecule has 3 N–H and O–H groups in total. The molecule has 10 heteroatoms. The number of nitrogens with zero attached hydrogens (tertiary/aromatic N) is 4. The van der Waals surface area contributed by atoms with E-state index >= 15 is 0 Å². The molecule has 0 spiro atoms. The summed E-state index contributed by atoms with van der Waals surface area (Å²) < 4.78 is 29.1. The third-order valence-corrected chi connectivity index (χ3v) is 7.03. The van der Waals surface area contributed by atoms with Crippen LogP contribution in [0.4, 0.5) is 31.8 Å². The number of anilines is 4. The number of aromatic nitrogens is 3. The van der Waals surface area contributed by atoms with Gasteiger partial charge in [0, 0.05) is 67.3 Å². The maximum Gasteiger partial charge on any atom is 0.272 e. The molecule has 0 unspecified atom stereocenters. The summed E-state index contributed by atoms with van der Waals surface area (Å²) >= 11 is 0. The van der Waals surface area contributed by atoms with Crippen molar-refractivity contribution in [3.05, 3.63) is 72.1 Å². The number of fused-ring (bicyclic) bond motifs is 1. The number of halogens is 2. The third-order valence-electron chi connectivity index (χ3n) is 7.03. The molecule has 0 aliphatic heterocycles. The van der Waals surface area contributed by atoms with Crippen molar-refractivity contribution in [2.75, 3.05) is 42.7 Å². The van der Waals surface area contributed by atoms with Crippen LogP contribution >= 0.6 is 0 Å². The van der Waals surface area contributed by atoms with Crippen molar-refractivity contribution in [3.63, 3.8) is 0 Å². The molecule has 212 valence electrons. The maximum atomic E-state index is 13.6. The highest BCUT2D eigenvalue weighted by atomic mass is 19.3. The summed E-state index contributed by atoms with van der Waals surface area (Å²) in [5, 5.41) is 10.0. The second-order valence-corrected chi connectivity index (χ2v) is 9.96. The van der Waals surface area contributed by atoms with Crippen molar-refractivity contribution >= 4 is 40.0 Å². The molecule has 4 aromatic rings. The van der Waals surface area contributed by atoms with Gasteiger partial charge in [-0.15, -0.1) is 0 Å². The largest absolute Gasteiger partial charge is 0.373 e. The normalized spacial score (nSPS) is 11.7. The van der Waals surface area contributed by atoms with Crippen molar-refractivity contribution in [2.24, 2.45) is 0 Å². The SMILES string of the molecule is CCC(CC)n1c(C(=O)Nc2ccc(C(C)(F)F)cc2)cc2cnc(Nc3ccc(N(C)CCNC)cc3)nc21. The van der Waals surface area contributed by atoms with Gasteiger partial charge < -0.3 is 25.4 Å². The Balaban J connectivity index is 1.61. The van der Waals surface area contributed by atoms with E-state index < -0.39 is 5.92 Å².